The number of anilines is 1. The van der Waals surface area contributed by atoms with Crippen LogP contribution in [0.4, 0.5) is 14.5 Å². The first-order valence-electron chi connectivity index (χ1n) is 10.6. The highest BCUT2D eigenvalue weighted by Gasteiger charge is 2.31. The Morgan fingerprint density at radius 1 is 1.25 bits per heavy atom. The number of methoxy groups -OCH3 is 1. The summed E-state index contributed by atoms with van der Waals surface area (Å²) >= 11 is 8.20. The number of hydroxylamine groups is 1. The summed E-state index contributed by atoms with van der Waals surface area (Å²) in [5.74, 6) is -4.26. The molecule has 10 nitrogen and oxygen atoms in total. The Hall–Kier alpha value is -1.66. The minimum absolute atomic E-state index is 0.0855. The molecule has 0 bridgehead atoms. The molecule has 0 aliphatic carbocycles. The molecule has 0 saturated carbocycles. The second-order valence-electron chi connectivity index (χ2n) is 7.48. The van der Waals surface area contributed by atoms with Crippen LogP contribution in [0.5, 0.6) is 0 Å². The number of hydrogen-bond donors (Lipinski definition) is 3. The highest BCUT2D eigenvalue weighted by Crippen LogP contribution is 2.26. The summed E-state index contributed by atoms with van der Waals surface area (Å²) in [6.07, 6.45) is -1.43. The van der Waals surface area contributed by atoms with Gasteiger partial charge in [0.1, 0.15) is 4.90 Å². The summed E-state index contributed by atoms with van der Waals surface area (Å²) in [5.41, 5.74) is 1.73. The van der Waals surface area contributed by atoms with Crippen molar-refractivity contribution >= 4 is 55.8 Å². The predicted molar refractivity (Wildman–Crippen MR) is 136 cm³/mol. The Labute approximate surface area is 225 Å². The van der Waals surface area contributed by atoms with Gasteiger partial charge in [-0.3, -0.25) is 14.5 Å². The fourth-order valence-electron chi connectivity index (χ4n) is 3.23. The van der Waals surface area contributed by atoms with E-state index in [-0.39, 0.29) is 11.6 Å². The lowest BCUT2D eigenvalue weighted by atomic mass is 10.2. The number of benzene rings is 2. The molecule has 3 N–H and O–H groups in total. The van der Waals surface area contributed by atoms with Gasteiger partial charge in [0.05, 0.1) is 36.1 Å². The predicted octanol–water partition coefficient (Wildman–Crippen LogP) is 2.54. The first-order chi connectivity index (χ1) is 17.1. The van der Waals surface area contributed by atoms with E-state index in [2.05, 4.69) is 15.5 Å². The van der Waals surface area contributed by atoms with Gasteiger partial charge in [0, 0.05) is 30.3 Å². The molecule has 1 unspecified atom stereocenters. The second-order valence-corrected chi connectivity index (χ2v) is 10.8. The molecule has 0 spiro atoms. The van der Waals surface area contributed by atoms with Gasteiger partial charge in [-0.2, -0.15) is 4.72 Å². The van der Waals surface area contributed by atoms with E-state index in [1.807, 2.05) is 27.5 Å². The van der Waals surface area contributed by atoms with E-state index in [1.165, 1.54) is 7.11 Å². The van der Waals surface area contributed by atoms with E-state index in [4.69, 9.17) is 25.9 Å². The van der Waals surface area contributed by atoms with Crippen molar-refractivity contribution in [3.63, 3.8) is 0 Å². The summed E-state index contributed by atoms with van der Waals surface area (Å²) < 4.78 is 68.1. The molecule has 0 aromatic heterocycles. The van der Waals surface area contributed by atoms with Crippen LogP contribution in [0.2, 0.25) is 5.02 Å². The molecule has 1 saturated heterocycles. The average Bonchev–Trinajstić information content (AvgIpc) is 2.84. The molecule has 1 fully saturated rings. The highest BCUT2D eigenvalue weighted by molar-refractivity contribution is 14.1. The molecule has 2 aromatic carbocycles. The molecular formula is C21H24ClF2IN4O6S. The molecule has 1 atom stereocenters. The molecule has 2 aromatic rings. The van der Waals surface area contributed by atoms with Gasteiger partial charge in [-0.15, -0.1) is 0 Å². The van der Waals surface area contributed by atoms with Crippen LogP contribution in [-0.2, 0) is 24.3 Å². The monoisotopic (exact) mass is 660 g/mol. The van der Waals surface area contributed by atoms with Gasteiger partial charge < -0.3 is 14.8 Å². The van der Waals surface area contributed by atoms with Crippen LogP contribution in [-0.4, -0.2) is 72.1 Å². The summed E-state index contributed by atoms with van der Waals surface area (Å²) in [6.45, 7) is 3.15. The van der Waals surface area contributed by atoms with Crippen molar-refractivity contribution in [2.45, 2.75) is 11.2 Å². The minimum Gasteiger partial charge on any atom is -0.379 e. The number of carbonyl (C=O) groups excluding carboxylic acids is 1. The van der Waals surface area contributed by atoms with Crippen molar-refractivity contribution in [3.05, 3.63) is 56.1 Å². The Morgan fingerprint density at radius 3 is 2.64 bits per heavy atom. The molecule has 3 rings (SSSR count). The lowest BCUT2D eigenvalue weighted by Gasteiger charge is -2.26. The van der Waals surface area contributed by atoms with Gasteiger partial charge >= 0.3 is 0 Å². The third kappa shape index (κ3) is 7.67. The zero-order valence-corrected chi connectivity index (χ0v) is 22.8. The number of nitrogens with one attached hydrogen (secondary N) is 3. The maximum Gasteiger partial charge on any atom is 0.276 e. The van der Waals surface area contributed by atoms with Crippen molar-refractivity contribution in [1.82, 2.24) is 15.1 Å². The van der Waals surface area contributed by atoms with Crippen molar-refractivity contribution in [3.8, 4) is 0 Å². The van der Waals surface area contributed by atoms with Crippen LogP contribution in [0.1, 0.15) is 10.4 Å². The molecule has 198 valence electrons. The molecule has 1 aliphatic rings. The topological polar surface area (TPSA) is 118 Å². The van der Waals surface area contributed by atoms with Crippen molar-refractivity contribution in [2.24, 2.45) is 0 Å². The summed E-state index contributed by atoms with van der Waals surface area (Å²) in [7, 11) is -3.65. The number of sulfonamides is 1. The van der Waals surface area contributed by atoms with E-state index in [0.29, 0.717) is 44.6 Å². The third-order valence-corrected chi connectivity index (χ3v) is 7.50. The molecule has 1 amide bonds. The van der Waals surface area contributed by atoms with E-state index >= 15 is 0 Å². The second kappa shape index (κ2) is 13.2. The average molecular weight is 661 g/mol. The standard InChI is InChI=1S/C21H24ClF2IN4O6S/c1-33-21(26-17-5-2-13(25)12-15(17)22)28-36(31,32)19-14(3-4-16(23)18(19)24)20(30)27-35-11-8-29-6-9-34-10-7-29/h2-5,12,21,26,28H,6-11H2,1H3,(H,27,30). The number of rotatable bonds is 11. The van der Waals surface area contributed by atoms with Crippen molar-refractivity contribution in [1.29, 1.82) is 0 Å². The number of ether oxygens (including phenoxy) is 2. The quantitative estimate of drug-likeness (QED) is 0.146. The summed E-state index contributed by atoms with van der Waals surface area (Å²) in [4.78, 5) is 18.6. The fraction of sp³-hybridized carbons (Fsp3) is 0.381. The third-order valence-electron chi connectivity index (χ3n) is 5.06. The highest BCUT2D eigenvalue weighted by atomic mass is 127. The van der Waals surface area contributed by atoms with Gasteiger partial charge in [-0.05, 0) is 52.9 Å². The smallest absolute Gasteiger partial charge is 0.276 e. The molecule has 1 aliphatic heterocycles. The van der Waals surface area contributed by atoms with Crippen molar-refractivity contribution in [2.75, 3.05) is 51.9 Å². The maximum atomic E-state index is 14.7. The van der Waals surface area contributed by atoms with Crippen LogP contribution in [0.25, 0.3) is 0 Å². The van der Waals surface area contributed by atoms with Crippen molar-refractivity contribution < 1.29 is 36.3 Å². The maximum absolute atomic E-state index is 14.7. The van der Waals surface area contributed by atoms with E-state index < -0.39 is 44.4 Å². The first kappa shape index (κ1) is 28.9. The van der Waals surface area contributed by atoms with E-state index in [1.54, 1.807) is 18.2 Å². The minimum atomic E-state index is -4.82. The lowest BCUT2D eigenvalue weighted by Crippen LogP contribution is -2.43. The first-order valence-corrected chi connectivity index (χ1v) is 13.5. The van der Waals surface area contributed by atoms with Crippen LogP contribution in [0.3, 0.4) is 0 Å². The van der Waals surface area contributed by atoms with Crippen LogP contribution in [0, 0.1) is 15.2 Å². The van der Waals surface area contributed by atoms with E-state index in [9.17, 15) is 22.0 Å². The van der Waals surface area contributed by atoms with Crippen LogP contribution >= 0.6 is 34.2 Å². The molecule has 15 heteroatoms. The van der Waals surface area contributed by atoms with Gasteiger partial charge in [-0.25, -0.2) is 22.7 Å². The van der Waals surface area contributed by atoms with E-state index in [0.717, 1.165) is 9.64 Å². The Morgan fingerprint density at radius 2 is 1.97 bits per heavy atom. The van der Waals surface area contributed by atoms with Crippen LogP contribution < -0.4 is 15.5 Å². The SMILES string of the molecule is COC(Nc1ccc(I)cc1Cl)NS(=O)(=O)c1c(C(=O)NOCCN2CCOCC2)ccc(F)c1F. The largest absolute Gasteiger partial charge is 0.379 e. The number of hydrogen-bond acceptors (Lipinski definition) is 8. The normalized spacial score (nSPS) is 15.5. The summed E-state index contributed by atoms with van der Waals surface area (Å²) in [6, 6.07) is 6.41. The van der Waals surface area contributed by atoms with Gasteiger partial charge in [0.25, 0.3) is 5.91 Å². The number of nitrogens with zero attached hydrogens (tertiary/aromatic N) is 1. The Bertz CT molecular complexity index is 1190. The number of halogens is 4. The number of amides is 1. The molecular weight excluding hydrogens is 637 g/mol. The zero-order chi connectivity index (χ0) is 26.3. The number of morpholine rings is 1. The molecule has 36 heavy (non-hydrogen) atoms. The fourth-order valence-corrected chi connectivity index (χ4v) is 5.48. The Kier molecular flexibility index (Phi) is 10.6. The lowest BCUT2D eigenvalue weighted by molar-refractivity contribution is -0.00191. The molecule has 1 heterocycles. The van der Waals surface area contributed by atoms with Crippen LogP contribution in [0.15, 0.2) is 35.2 Å². The van der Waals surface area contributed by atoms with Gasteiger partial charge in [-0.1, -0.05) is 11.6 Å². The molecule has 0 radical (unpaired) electrons. The van der Waals surface area contributed by atoms with Gasteiger partial charge in [0.15, 0.2) is 18.0 Å². The Balaban J connectivity index is 1.74. The summed E-state index contributed by atoms with van der Waals surface area (Å²) in [5, 5.41) is 2.98. The van der Waals surface area contributed by atoms with Gasteiger partial charge in [0.2, 0.25) is 10.0 Å². The zero-order valence-electron chi connectivity index (χ0n) is 19.0. The number of carbonyl (C=O) groups is 1.